The van der Waals surface area contributed by atoms with Crippen LogP contribution in [0.5, 0.6) is 0 Å². The average molecular weight is 439 g/mol. The normalized spacial score (nSPS) is 36.2. The van der Waals surface area contributed by atoms with Crippen LogP contribution in [0.1, 0.15) is 79.1 Å². The average Bonchev–Trinajstić information content (AvgIpc) is 3.06. The van der Waals surface area contributed by atoms with Crippen LogP contribution in [0.4, 0.5) is 0 Å². The van der Waals surface area contributed by atoms with E-state index in [1.54, 1.807) is 0 Å². The summed E-state index contributed by atoms with van der Waals surface area (Å²) in [6.45, 7) is 14.6. The highest BCUT2D eigenvalue weighted by molar-refractivity contribution is 14.2. The van der Waals surface area contributed by atoms with E-state index in [4.69, 9.17) is 6.58 Å². The largest absolute Gasteiger partial charge is 0.161 e. The first-order valence-corrected chi connectivity index (χ1v) is 15.3. The Morgan fingerprint density at radius 2 is 1.33 bits per heavy atom. The molecule has 21 heavy (non-hydrogen) atoms. The van der Waals surface area contributed by atoms with Gasteiger partial charge in [-0.05, 0) is 70.6 Å². The standard InChI is InChI=1S/C18H34IP2/c1-6-15-10-11-16(7-2)20(15)14(5)21(19)17(8-3)12-13-18(21)9-4/h15-18H,5-13H2,1-4H3/q+1/t15-,16-,17-,18-/m1/s1. The third-order valence-corrected chi connectivity index (χ3v) is 23.0. The van der Waals surface area contributed by atoms with Crippen LogP contribution >= 0.6 is 34.9 Å². The Kier molecular flexibility index (Phi) is 7.05. The smallest absolute Gasteiger partial charge is 0.0648 e. The molecule has 2 aliphatic rings. The van der Waals surface area contributed by atoms with Crippen LogP contribution in [0.2, 0.25) is 0 Å². The highest BCUT2D eigenvalue weighted by Crippen LogP contribution is 2.91. The topological polar surface area (TPSA) is 0 Å². The molecule has 0 nitrogen and oxygen atoms in total. The molecule has 3 heteroatoms. The van der Waals surface area contributed by atoms with Gasteiger partial charge in [0.25, 0.3) is 0 Å². The summed E-state index contributed by atoms with van der Waals surface area (Å²) >= 11 is 2.99. The predicted molar refractivity (Wildman–Crippen MR) is 112 cm³/mol. The summed E-state index contributed by atoms with van der Waals surface area (Å²) in [5.41, 5.74) is 3.99. The van der Waals surface area contributed by atoms with Gasteiger partial charge < -0.3 is 0 Å². The molecule has 2 aliphatic heterocycles. The molecule has 0 aromatic rings. The minimum atomic E-state index is -0.977. The molecule has 2 heterocycles. The lowest BCUT2D eigenvalue weighted by atomic mass is 10.1. The second kappa shape index (κ2) is 7.94. The lowest BCUT2D eigenvalue weighted by molar-refractivity contribution is 0.696. The summed E-state index contributed by atoms with van der Waals surface area (Å²) in [7, 11) is 0.0897. The fourth-order valence-electron chi connectivity index (χ4n) is 4.78. The number of halogens is 1. The van der Waals surface area contributed by atoms with E-state index in [0.29, 0.717) is 0 Å². The Hall–Kier alpha value is 1.33. The Morgan fingerprint density at radius 1 is 0.905 bits per heavy atom. The molecule has 0 N–H and O–H groups in total. The summed E-state index contributed by atoms with van der Waals surface area (Å²) in [5.74, 6) is 0. The maximum absolute atomic E-state index is 4.85. The predicted octanol–water partition coefficient (Wildman–Crippen LogP) is 8.01. The van der Waals surface area contributed by atoms with Gasteiger partial charge in [0.1, 0.15) is 4.90 Å². The lowest BCUT2D eigenvalue weighted by Gasteiger charge is -2.35. The molecule has 2 rings (SSSR count). The van der Waals surface area contributed by atoms with Crippen molar-refractivity contribution < 1.29 is 0 Å². The lowest BCUT2D eigenvalue weighted by Crippen LogP contribution is -2.14. The highest BCUT2D eigenvalue weighted by atomic mass is 127. The summed E-state index contributed by atoms with van der Waals surface area (Å²) in [5, 5.41) is 1.82. The van der Waals surface area contributed by atoms with E-state index in [0.717, 1.165) is 22.6 Å². The third kappa shape index (κ3) is 3.28. The first-order chi connectivity index (χ1) is 10.0. The van der Waals surface area contributed by atoms with Crippen LogP contribution in [0.3, 0.4) is 0 Å². The van der Waals surface area contributed by atoms with Gasteiger partial charge in [-0.15, -0.1) is 0 Å². The molecule has 0 radical (unpaired) electrons. The van der Waals surface area contributed by atoms with Gasteiger partial charge >= 0.3 is 0 Å². The van der Waals surface area contributed by atoms with Gasteiger partial charge in [0.2, 0.25) is 0 Å². The van der Waals surface area contributed by atoms with Crippen LogP contribution in [0.15, 0.2) is 11.6 Å². The molecular formula is C18H34IP2+. The zero-order valence-electron chi connectivity index (χ0n) is 14.4. The van der Waals surface area contributed by atoms with E-state index in [2.05, 4.69) is 49.7 Å². The van der Waals surface area contributed by atoms with Gasteiger partial charge in [-0.1, -0.05) is 34.3 Å². The molecule has 0 bridgehead atoms. The van der Waals surface area contributed by atoms with Crippen LogP contribution in [-0.4, -0.2) is 22.6 Å². The van der Waals surface area contributed by atoms with E-state index < -0.39 is 4.90 Å². The van der Waals surface area contributed by atoms with Crippen molar-refractivity contribution in [3.8, 4) is 0 Å². The Balaban J connectivity index is 2.30. The minimum absolute atomic E-state index is 0.0897. The molecule has 0 saturated carbocycles. The van der Waals surface area contributed by atoms with Gasteiger partial charge in [-0.3, -0.25) is 0 Å². The second-order valence-corrected chi connectivity index (χ2v) is 18.2. The maximum atomic E-state index is 4.85. The fraction of sp³-hybridized carbons (Fsp3) is 0.889. The van der Waals surface area contributed by atoms with Crippen molar-refractivity contribution in [3.05, 3.63) is 11.6 Å². The van der Waals surface area contributed by atoms with E-state index in [-0.39, 0.29) is 7.92 Å². The minimum Gasteiger partial charge on any atom is -0.0648 e. The highest BCUT2D eigenvalue weighted by Gasteiger charge is 2.59. The van der Waals surface area contributed by atoms with E-state index in [9.17, 15) is 0 Å². The summed E-state index contributed by atoms with van der Waals surface area (Å²) in [6.07, 6.45) is 11.5. The molecule has 0 aromatic heterocycles. The number of hydrogen-bond acceptors (Lipinski definition) is 0. The van der Waals surface area contributed by atoms with Crippen molar-refractivity contribution in [1.29, 1.82) is 0 Å². The Labute approximate surface area is 147 Å². The van der Waals surface area contributed by atoms with Crippen LogP contribution < -0.4 is 0 Å². The Morgan fingerprint density at radius 3 is 1.67 bits per heavy atom. The second-order valence-electron chi connectivity index (χ2n) is 6.91. The van der Waals surface area contributed by atoms with Crippen LogP contribution in [-0.2, 0) is 0 Å². The molecule has 122 valence electrons. The summed E-state index contributed by atoms with van der Waals surface area (Å²) in [6, 6.07) is 0. The molecule has 4 atom stereocenters. The maximum Gasteiger partial charge on any atom is 0.161 e. The molecule has 2 saturated heterocycles. The quantitative estimate of drug-likeness (QED) is 0.291. The van der Waals surface area contributed by atoms with Crippen molar-refractivity contribution in [2.75, 3.05) is 0 Å². The molecular weight excluding hydrogens is 405 g/mol. The molecule has 0 aliphatic carbocycles. The van der Waals surface area contributed by atoms with Crippen molar-refractivity contribution in [2.24, 2.45) is 0 Å². The molecule has 0 spiro atoms. The van der Waals surface area contributed by atoms with Gasteiger partial charge in [0, 0.05) is 0 Å². The third-order valence-electron chi connectivity index (χ3n) is 6.09. The zero-order chi connectivity index (χ0) is 15.6. The van der Waals surface area contributed by atoms with Crippen molar-refractivity contribution >= 4 is 34.9 Å². The van der Waals surface area contributed by atoms with Gasteiger partial charge in [0.15, 0.2) is 22.0 Å². The molecule has 0 amide bonds. The Bertz CT molecular complexity index is 344. The monoisotopic (exact) mass is 439 g/mol. The summed E-state index contributed by atoms with van der Waals surface area (Å²) in [4.78, 5) is -0.977. The van der Waals surface area contributed by atoms with E-state index in [1.165, 1.54) is 51.4 Å². The van der Waals surface area contributed by atoms with E-state index >= 15 is 0 Å². The van der Waals surface area contributed by atoms with Gasteiger partial charge in [-0.2, -0.15) is 0 Å². The number of rotatable bonds is 6. The molecule has 0 unspecified atom stereocenters. The number of hydrogen-bond donors (Lipinski definition) is 0. The zero-order valence-corrected chi connectivity index (χ0v) is 18.4. The van der Waals surface area contributed by atoms with Crippen molar-refractivity contribution in [3.63, 3.8) is 0 Å². The van der Waals surface area contributed by atoms with Gasteiger partial charge in [-0.25, -0.2) is 0 Å². The first kappa shape index (κ1) is 18.7. The molecule has 2 fully saturated rings. The first-order valence-electron chi connectivity index (χ1n) is 9.10. The van der Waals surface area contributed by atoms with Crippen molar-refractivity contribution in [1.82, 2.24) is 0 Å². The summed E-state index contributed by atoms with van der Waals surface area (Å²) < 4.78 is 0. The fourth-order valence-corrected chi connectivity index (χ4v) is 21.1. The van der Waals surface area contributed by atoms with E-state index in [1.807, 2.05) is 5.06 Å². The van der Waals surface area contributed by atoms with Crippen LogP contribution in [0.25, 0.3) is 0 Å². The van der Waals surface area contributed by atoms with Crippen LogP contribution in [0, 0.1) is 0 Å². The van der Waals surface area contributed by atoms with Crippen molar-refractivity contribution in [2.45, 2.75) is 102 Å². The van der Waals surface area contributed by atoms with Gasteiger partial charge in [0.05, 0.1) is 16.4 Å². The SMILES string of the molecule is C=C(P1[C@H](CC)CC[C@H]1CC)[P+]1(I)[C@H](CC)CC[C@H]1CC. The molecule has 0 aromatic carbocycles.